The molecule has 2 aromatic heterocycles. The Morgan fingerprint density at radius 2 is 1.95 bits per heavy atom. The molecule has 116 valence electrons. The highest BCUT2D eigenvalue weighted by atomic mass is 32.1. The van der Waals surface area contributed by atoms with Crippen LogP contribution >= 0.6 is 12.6 Å². The molecule has 0 bridgehead atoms. The second-order valence-corrected chi connectivity index (χ2v) is 5.37. The number of hydrogen-bond donors (Lipinski definition) is 3. The van der Waals surface area contributed by atoms with Crippen molar-refractivity contribution in [3.8, 4) is 11.5 Å². The fraction of sp³-hybridized carbons (Fsp3) is 0.250. The highest BCUT2D eigenvalue weighted by molar-refractivity contribution is 7.80. The topological polar surface area (TPSA) is 71.0 Å². The summed E-state index contributed by atoms with van der Waals surface area (Å²) < 4.78 is 5.22. The number of fused-ring (bicyclic) bond motifs is 1. The monoisotopic (exact) mass is 317 g/mol. The molecule has 0 fully saturated rings. The summed E-state index contributed by atoms with van der Waals surface area (Å²) in [4.78, 5) is 11.2. The molecule has 0 aliphatic heterocycles. The van der Waals surface area contributed by atoms with Crippen LogP contribution in [0.4, 0.5) is 0 Å². The van der Waals surface area contributed by atoms with E-state index < -0.39 is 0 Å². The number of phenolic OH excluding ortho intramolecular Hbond substituents is 1. The summed E-state index contributed by atoms with van der Waals surface area (Å²) in [5, 5.41) is 9.62. The first kappa shape index (κ1) is 16.2. The van der Waals surface area contributed by atoms with Gasteiger partial charge in [0.15, 0.2) is 5.16 Å². The molecule has 3 aromatic rings. The van der Waals surface area contributed by atoms with Gasteiger partial charge < -0.3 is 14.8 Å². The van der Waals surface area contributed by atoms with Crippen molar-refractivity contribution < 1.29 is 9.84 Å². The van der Waals surface area contributed by atoms with Crippen LogP contribution in [-0.2, 0) is 0 Å². The number of phenols is 1. The number of aromatic hydroxyl groups is 1. The average Bonchev–Trinajstić information content (AvgIpc) is 2.84. The first-order valence-electron chi connectivity index (χ1n) is 6.77. The number of aromatic nitrogens is 3. The lowest BCUT2D eigenvalue weighted by atomic mass is 10.1. The van der Waals surface area contributed by atoms with Gasteiger partial charge in [-0.15, -0.1) is 12.6 Å². The van der Waals surface area contributed by atoms with E-state index in [0.29, 0.717) is 5.16 Å². The number of pyridine rings is 1. The van der Waals surface area contributed by atoms with E-state index in [9.17, 15) is 0 Å². The standard InChI is InChI=1S/C9H13NO.C7H6N2OS/c1-6-5-10-8(3)7(2)9(6)11-4;10-4-1-2-5-6(3-4)9-7(11)8-5/h5H,1-4H3;1-3,10H,(H2,8,9,11). The highest BCUT2D eigenvalue weighted by Crippen LogP contribution is 2.22. The maximum atomic E-state index is 9.06. The number of H-pyrrole nitrogens is 1. The molecule has 1 aromatic carbocycles. The van der Waals surface area contributed by atoms with Crippen molar-refractivity contribution >= 4 is 23.7 Å². The Kier molecular flexibility index (Phi) is 4.92. The number of rotatable bonds is 1. The molecule has 0 aliphatic carbocycles. The SMILES string of the molecule is COc1c(C)cnc(C)c1C.Oc1ccc2[nH]c(S)nc2c1. The number of aryl methyl sites for hydroxylation is 2. The van der Waals surface area contributed by atoms with Gasteiger partial charge >= 0.3 is 0 Å². The quantitative estimate of drug-likeness (QED) is 0.600. The fourth-order valence-electron chi connectivity index (χ4n) is 2.10. The van der Waals surface area contributed by atoms with Gasteiger partial charge in [0.05, 0.1) is 18.1 Å². The van der Waals surface area contributed by atoms with Gasteiger partial charge in [-0.2, -0.15) is 0 Å². The van der Waals surface area contributed by atoms with Crippen molar-refractivity contribution in [2.45, 2.75) is 25.9 Å². The Balaban J connectivity index is 0.000000160. The Morgan fingerprint density at radius 1 is 1.23 bits per heavy atom. The van der Waals surface area contributed by atoms with Gasteiger partial charge in [-0.3, -0.25) is 4.98 Å². The zero-order chi connectivity index (χ0) is 16.3. The van der Waals surface area contributed by atoms with Gasteiger partial charge in [-0.05, 0) is 32.9 Å². The molecule has 0 radical (unpaired) electrons. The van der Waals surface area contributed by atoms with Crippen LogP contribution in [0, 0.1) is 20.8 Å². The second-order valence-electron chi connectivity index (χ2n) is 4.95. The van der Waals surface area contributed by atoms with Crippen molar-refractivity contribution in [2.75, 3.05) is 7.11 Å². The molecule has 2 heterocycles. The number of aromatic amines is 1. The summed E-state index contributed by atoms with van der Waals surface area (Å²) in [6.07, 6.45) is 1.83. The molecule has 0 amide bonds. The molecule has 0 aliphatic rings. The van der Waals surface area contributed by atoms with Crippen molar-refractivity contribution in [1.82, 2.24) is 15.0 Å². The molecule has 22 heavy (non-hydrogen) atoms. The number of hydrogen-bond acceptors (Lipinski definition) is 5. The minimum absolute atomic E-state index is 0.220. The van der Waals surface area contributed by atoms with Gasteiger partial charge in [0.1, 0.15) is 11.5 Å². The van der Waals surface area contributed by atoms with Gasteiger partial charge in [0.25, 0.3) is 0 Å². The number of imidazole rings is 1. The van der Waals surface area contributed by atoms with E-state index in [1.165, 1.54) is 0 Å². The number of ether oxygens (including phenoxy) is 1. The van der Waals surface area contributed by atoms with Crippen molar-refractivity contribution in [3.05, 3.63) is 41.2 Å². The van der Waals surface area contributed by atoms with Crippen LogP contribution in [0.1, 0.15) is 16.8 Å². The normalized spacial score (nSPS) is 10.2. The number of thiol groups is 1. The lowest BCUT2D eigenvalue weighted by Gasteiger charge is -2.08. The van der Waals surface area contributed by atoms with Crippen LogP contribution in [0.15, 0.2) is 29.6 Å². The molecule has 0 unspecified atom stereocenters. The van der Waals surface area contributed by atoms with E-state index in [2.05, 4.69) is 27.6 Å². The molecule has 0 saturated carbocycles. The van der Waals surface area contributed by atoms with Crippen LogP contribution in [0.5, 0.6) is 11.5 Å². The molecular formula is C16H19N3O2S. The maximum absolute atomic E-state index is 9.06. The number of nitrogens with one attached hydrogen (secondary N) is 1. The molecule has 0 saturated heterocycles. The molecule has 0 atom stereocenters. The summed E-state index contributed by atoms with van der Waals surface area (Å²) in [5.41, 5.74) is 4.87. The fourth-order valence-corrected chi connectivity index (χ4v) is 2.33. The molecular weight excluding hydrogens is 298 g/mol. The smallest absolute Gasteiger partial charge is 0.163 e. The van der Waals surface area contributed by atoms with Crippen LogP contribution in [0.25, 0.3) is 11.0 Å². The Labute approximate surface area is 134 Å². The highest BCUT2D eigenvalue weighted by Gasteiger charge is 2.04. The molecule has 0 spiro atoms. The third-order valence-electron chi connectivity index (χ3n) is 3.35. The van der Waals surface area contributed by atoms with Gasteiger partial charge in [-0.25, -0.2) is 4.98 Å². The van der Waals surface area contributed by atoms with Gasteiger partial charge in [0, 0.05) is 29.1 Å². The minimum Gasteiger partial charge on any atom is -0.508 e. The van der Waals surface area contributed by atoms with E-state index >= 15 is 0 Å². The zero-order valence-electron chi connectivity index (χ0n) is 13.0. The third-order valence-corrected chi connectivity index (χ3v) is 3.56. The predicted molar refractivity (Wildman–Crippen MR) is 90.0 cm³/mol. The Bertz CT molecular complexity index is 799. The van der Waals surface area contributed by atoms with Crippen LogP contribution < -0.4 is 4.74 Å². The van der Waals surface area contributed by atoms with E-state index in [1.54, 1.807) is 25.3 Å². The molecule has 3 rings (SSSR count). The molecule has 5 nitrogen and oxygen atoms in total. The van der Waals surface area contributed by atoms with Gasteiger partial charge in [0.2, 0.25) is 0 Å². The van der Waals surface area contributed by atoms with Crippen LogP contribution in [0.2, 0.25) is 0 Å². The summed E-state index contributed by atoms with van der Waals surface area (Å²) >= 11 is 4.03. The number of benzene rings is 1. The van der Waals surface area contributed by atoms with Crippen molar-refractivity contribution in [2.24, 2.45) is 0 Å². The van der Waals surface area contributed by atoms with E-state index in [0.717, 1.165) is 33.6 Å². The first-order valence-corrected chi connectivity index (χ1v) is 7.21. The van der Waals surface area contributed by atoms with Crippen LogP contribution in [0.3, 0.4) is 0 Å². The summed E-state index contributed by atoms with van der Waals surface area (Å²) in [6.45, 7) is 6.00. The Morgan fingerprint density at radius 3 is 2.59 bits per heavy atom. The maximum Gasteiger partial charge on any atom is 0.163 e. The third kappa shape index (κ3) is 3.51. The Hall–Kier alpha value is -2.21. The van der Waals surface area contributed by atoms with Crippen LogP contribution in [-0.4, -0.2) is 27.2 Å². The van der Waals surface area contributed by atoms with E-state index in [1.807, 2.05) is 27.0 Å². The number of methoxy groups -OCH3 is 1. The zero-order valence-corrected chi connectivity index (χ0v) is 13.9. The lowest BCUT2D eigenvalue weighted by molar-refractivity contribution is 0.407. The lowest BCUT2D eigenvalue weighted by Crippen LogP contribution is -1.95. The number of nitrogens with zero attached hydrogens (tertiary/aromatic N) is 2. The van der Waals surface area contributed by atoms with E-state index in [4.69, 9.17) is 9.84 Å². The predicted octanol–water partition coefficient (Wildman–Crippen LogP) is 3.57. The summed E-state index contributed by atoms with van der Waals surface area (Å²) in [7, 11) is 1.69. The summed E-state index contributed by atoms with van der Waals surface area (Å²) in [5.74, 6) is 1.18. The van der Waals surface area contributed by atoms with Crippen molar-refractivity contribution in [3.63, 3.8) is 0 Å². The van der Waals surface area contributed by atoms with Gasteiger partial charge in [-0.1, -0.05) is 0 Å². The van der Waals surface area contributed by atoms with E-state index in [-0.39, 0.29) is 5.75 Å². The largest absolute Gasteiger partial charge is 0.508 e. The second kappa shape index (κ2) is 6.70. The minimum atomic E-state index is 0.220. The first-order chi connectivity index (χ1) is 10.4. The summed E-state index contributed by atoms with van der Waals surface area (Å²) in [6, 6.07) is 4.96. The molecule has 2 N–H and O–H groups in total. The molecule has 6 heteroatoms. The van der Waals surface area contributed by atoms with Crippen molar-refractivity contribution in [1.29, 1.82) is 0 Å². The average molecular weight is 317 g/mol.